The SMILES string of the molecule is C[Si](C)(C)CC(CN)c1cccc(Br)c1. The molecule has 84 valence electrons. The molecule has 0 saturated carbocycles. The van der Waals surface area contributed by atoms with Gasteiger partial charge in [0.15, 0.2) is 0 Å². The number of hydrogen-bond donors (Lipinski definition) is 1. The van der Waals surface area contributed by atoms with E-state index in [1.165, 1.54) is 11.6 Å². The van der Waals surface area contributed by atoms with Crippen LogP contribution in [0.3, 0.4) is 0 Å². The third kappa shape index (κ3) is 4.49. The summed E-state index contributed by atoms with van der Waals surface area (Å²) in [4.78, 5) is 0. The van der Waals surface area contributed by atoms with Crippen LogP contribution in [0, 0.1) is 0 Å². The molecule has 1 aromatic carbocycles. The summed E-state index contributed by atoms with van der Waals surface area (Å²) in [6.07, 6.45) is 0. The van der Waals surface area contributed by atoms with Gasteiger partial charge in [-0.05, 0) is 36.2 Å². The van der Waals surface area contributed by atoms with E-state index in [4.69, 9.17) is 5.73 Å². The standard InChI is InChI=1S/C12H20BrNSi/c1-15(2,3)9-11(8-14)10-5-4-6-12(13)7-10/h4-7,11H,8-9,14H2,1-3H3. The molecule has 2 N–H and O–H groups in total. The molecule has 0 bridgehead atoms. The molecular weight excluding hydrogens is 266 g/mol. The Balaban J connectivity index is 2.83. The Morgan fingerprint density at radius 1 is 1.33 bits per heavy atom. The molecule has 0 aliphatic rings. The van der Waals surface area contributed by atoms with Crippen molar-refractivity contribution in [2.75, 3.05) is 6.54 Å². The van der Waals surface area contributed by atoms with Gasteiger partial charge in [-0.25, -0.2) is 0 Å². The number of hydrogen-bond acceptors (Lipinski definition) is 1. The van der Waals surface area contributed by atoms with Gasteiger partial charge in [0.2, 0.25) is 0 Å². The highest BCUT2D eigenvalue weighted by molar-refractivity contribution is 9.10. The van der Waals surface area contributed by atoms with Gasteiger partial charge >= 0.3 is 0 Å². The van der Waals surface area contributed by atoms with E-state index in [-0.39, 0.29) is 0 Å². The predicted molar refractivity (Wildman–Crippen MR) is 74.1 cm³/mol. The molecule has 0 aliphatic heterocycles. The zero-order chi connectivity index (χ0) is 11.5. The molecule has 1 unspecified atom stereocenters. The van der Waals surface area contributed by atoms with E-state index in [0.717, 1.165) is 11.0 Å². The van der Waals surface area contributed by atoms with Crippen molar-refractivity contribution in [1.82, 2.24) is 0 Å². The number of halogens is 1. The highest BCUT2D eigenvalue weighted by Crippen LogP contribution is 2.27. The van der Waals surface area contributed by atoms with Crippen LogP contribution in [0.25, 0.3) is 0 Å². The van der Waals surface area contributed by atoms with Crippen LogP contribution >= 0.6 is 15.9 Å². The minimum atomic E-state index is -1.04. The van der Waals surface area contributed by atoms with Crippen LogP contribution < -0.4 is 5.73 Å². The van der Waals surface area contributed by atoms with Crippen LogP contribution in [0.15, 0.2) is 28.7 Å². The van der Waals surface area contributed by atoms with Gasteiger partial charge in [-0.15, -0.1) is 0 Å². The van der Waals surface area contributed by atoms with Gasteiger partial charge < -0.3 is 5.73 Å². The lowest BCUT2D eigenvalue weighted by molar-refractivity contribution is 0.759. The summed E-state index contributed by atoms with van der Waals surface area (Å²) in [7, 11) is -1.04. The molecule has 1 aromatic rings. The molecule has 0 heterocycles. The van der Waals surface area contributed by atoms with Crippen LogP contribution in [0.1, 0.15) is 11.5 Å². The molecule has 0 aliphatic carbocycles. The first-order chi connectivity index (χ1) is 6.92. The quantitative estimate of drug-likeness (QED) is 0.836. The summed E-state index contributed by atoms with van der Waals surface area (Å²) < 4.78 is 1.15. The van der Waals surface area contributed by atoms with Crippen molar-refractivity contribution in [3.05, 3.63) is 34.3 Å². The molecule has 0 fully saturated rings. The summed E-state index contributed by atoms with van der Waals surface area (Å²) in [5.74, 6) is 0.522. The normalized spacial score (nSPS) is 13.9. The maximum atomic E-state index is 5.87. The Hall–Kier alpha value is -0.123. The van der Waals surface area contributed by atoms with Crippen LogP contribution in [0.2, 0.25) is 25.7 Å². The molecule has 3 heteroatoms. The monoisotopic (exact) mass is 285 g/mol. The first-order valence-corrected chi connectivity index (χ1v) is 9.88. The van der Waals surface area contributed by atoms with Crippen LogP contribution in [0.4, 0.5) is 0 Å². The Morgan fingerprint density at radius 2 is 2.00 bits per heavy atom. The average molecular weight is 286 g/mol. The minimum Gasteiger partial charge on any atom is -0.330 e. The molecule has 0 saturated heterocycles. The van der Waals surface area contributed by atoms with E-state index < -0.39 is 8.07 Å². The van der Waals surface area contributed by atoms with Crippen molar-refractivity contribution in [2.24, 2.45) is 5.73 Å². The molecular formula is C12H20BrNSi. The lowest BCUT2D eigenvalue weighted by Crippen LogP contribution is -2.26. The molecule has 1 atom stereocenters. The minimum absolute atomic E-state index is 0.522. The first-order valence-electron chi connectivity index (χ1n) is 5.38. The Bertz CT molecular complexity index is 320. The second-order valence-corrected chi connectivity index (χ2v) is 11.7. The van der Waals surface area contributed by atoms with Gasteiger partial charge in [0, 0.05) is 12.5 Å². The fourth-order valence-corrected chi connectivity index (χ4v) is 4.13. The molecule has 1 rings (SSSR count). The van der Waals surface area contributed by atoms with Crippen LogP contribution in [0.5, 0.6) is 0 Å². The molecule has 0 amide bonds. The highest BCUT2D eigenvalue weighted by atomic mass is 79.9. The topological polar surface area (TPSA) is 26.0 Å². The zero-order valence-electron chi connectivity index (χ0n) is 9.76. The lowest BCUT2D eigenvalue weighted by atomic mass is 10.0. The Kier molecular flexibility index (Phi) is 4.56. The third-order valence-corrected chi connectivity index (χ3v) is 4.67. The van der Waals surface area contributed by atoms with E-state index in [1.807, 2.05) is 0 Å². The van der Waals surface area contributed by atoms with E-state index in [0.29, 0.717) is 5.92 Å². The van der Waals surface area contributed by atoms with Crippen molar-refractivity contribution in [3.8, 4) is 0 Å². The molecule has 0 radical (unpaired) electrons. The van der Waals surface area contributed by atoms with Crippen molar-refractivity contribution in [1.29, 1.82) is 0 Å². The summed E-state index contributed by atoms with van der Waals surface area (Å²) >= 11 is 3.51. The molecule has 0 spiro atoms. The number of rotatable bonds is 4. The van der Waals surface area contributed by atoms with Crippen molar-refractivity contribution in [2.45, 2.75) is 31.6 Å². The van der Waals surface area contributed by atoms with Crippen LogP contribution in [-0.4, -0.2) is 14.6 Å². The Morgan fingerprint density at radius 3 is 2.47 bits per heavy atom. The van der Waals surface area contributed by atoms with E-state index >= 15 is 0 Å². The van der Waals surface area contributed by atoms with E-state index in [2.05, 4.69) is 59.8 Å². The van der Waals surface area contributed by atoms with Gasteiger partial charge in [-0.1, -0.05) is 47.7 Å². The maximum Gasteiger partial charge on any atom is 0.0449 e. The van der Waals surface area contributed by atoms with Crippen LogP contribution in [-0.2, 0) is 0 Å². The number of nitrogens with two attached hydrogens (primary N) is 1. The van der Waals surface area contributed by atoms with Gasteiger partial charge in [0.25, 0.3) is 0 Å². The van der Waals surface area contributed by atoms with Crippen molar-refractivity contribution < 1.29 is 0 Å². The fourth-order valence-electron chi connectivity index (χ4n) is 1.84. The first kappa shape index (κ1) is 12.9. The van der Waals surface area contributed by atoms with Gasteiger partial charge in [0.1, 0.15) is 0 Å². The molecule has 15 heavy (non-hydrogen) atoms. The molecule has 1 nitrogen and oxygen atoms in total. The van der Waals surface area contributed by atoms with Crippen molar-refractivity contribution >= 4 is 24.0 Å². The zero-order valence-corrected chi connectivity index (χ0v) is 12.3. The van der Waals surface area contributed by atoms with Gasteiger partial charge in [-0.2, -0.15) is 0 Å². The maximum absolute atomic E-state index is 5.87. The number of benzene rings is 1. The van der Waals surface area contributed by atoms with Crippen molar-refractivity contribution in [3.63, 3.8) is 0 Å². The van der Waals surface area contributed by atoms with E-state index in [9.17, 15) is 0 Å². The molecule has 0 aromatic heterocycles. The summed E-state index contributed by atoms with van der Waals surface area (Å²) in [6, 6.07) is 9.79. The third-order valence-electron chi connectivity index (χ3n) is 2.46. The second-order valence-electron chi connectivity index (χ2n) is 5.25. The van der Waals surface area contributed by atoms with Gasteiger partial charge in [-0.3, -0.25) is 0 Å². The van der Waals surface area contributed by atoms with E-state index in [1.54, 1.807) is 0 Å². The average Bonchev–Trinajstić information content (AvgIpc) is 2.13. The highest BCUT2D eigenvalue weighted by Gasteiger charge is 2.20. The summed E-state index contributed by atoms with van der Waals surface area (Å²) in [6.45, 7) is 7.94. The smallest absolute Gasteiger partial charge is 0.0449 e. The summed E-state index contributed by atoms with van der Waals surface area (Å²) in [5, 5.41) is 0. The summed E-state index contributed by atoms with van der Waals surface area (Å²) in [5.41, 5.74) is 7.24. The largest absolute Gasteiger partial charge is 0.330 e. The van der Waals surface area contributed by atoms with Gasteiger partial charge in [0.05, 0.1) is 0 Å². The Labute approximate surface area is 102 Å². The lowest BCUT2D eigenvalue weighted by Gasteiger charge is -2.23. The second kappa shape index (κ2) is 5.28. The predicted octanol–water partition coefficient (Wildman–Crippen LogP) is 3.83. The fraction of sp³-hybridized carbons (Fsp3) is 0.500.